The van der Waals surface area contributed by atoms with Crippen LogP contribution in [0.1, 0.15) is 21.5 Å². The first-order valence-electron chi connectivity index (χ1n) is 6.82. The van der Waals surface area contributed by atoms with Gasteiger partial charge in [0.25, 0.3) is 0 Å². The predicted octanol–water partition coefficient (Wildman–Crippen LogP) is 4.92. The fourth-order valence-corrected chi connectivity index (χ4v) is 4.96. The van der Waals surface area contributed by atoms with Gasteiger partial charge in [0.15, 0.2) is 5.78 Å². The van der Waals surface area contributed by atoms with E-state index in [4.69, 9.17) is 17.3 Å². The minimum atomic E-state index is -0.558. The average Bonchev–Trinajstić information content (AvgIpc) is 3.13. The Kier molecular flexibility index (Phi) is 5.03. The van der Waals surface area contributed by atoms with Gasteiger partial charge in [-0.3, -0.25) is 4.79 Å². The Hall–Kier alpha value is -0.990. The van der Waals surface area contributed by atoms with E-state index < -0.39 is 6.04 Å². The van der Waals surface area contributed by atoms with E-state index in [1.54, 1.807) is 24.3 Å². The van der Waals surface area contributed by atoms with Crippen LogP contribution in [0.2, 0.25) is 5.15 Å². The molecule has 3 N–H and O–H groups in total. The molecule has 3 aromatic heterocycles. The number of ketones is 1. The maximum absolute atomic E-state index is 12.3. The van der Waals surface area contributed by atoms with Crippen LogP contribution < -0.4 is 11.1 Å². The van der Waals surface area contributed by atoms with Crippen molar-refractivity contribution in [3.63, 3.8) is 0 Å². The van der Waals surface area contributed by atoms with Gasteiger partial charge >= 0.3 is 0 Å². The molecule has 0 spiro atoms. The minimum absolute atomic E-state index is 0.111. The zero-order valence-corrected chi connectivity index (χ0v) is 16.1. The summed E-state index contributed by atoms with van der Waals surface area (Å²) in [5.41, 5.74) is 7.27. The molecule has 8 heteroatoms. The maximum Gasteiger partial charge on any atom is 0.190 e. The van der Waals surface area contributed by atoms with Crippen molar-refractivity contribution in [2.75, 3.05) is 5.32 Å². The number of nitrogens with one attached hydrogen (secondary N) is 1. The first kappa shape index (κ1) is 16.9. The molecule has 120 valence electrons. The van der Waals surface area contributed by atoms with Gasteiger partial charge < -0.3 is 11.1 Å². The van der Waals surface area contributed by atoms with Crippen molar-refractivity contribution in [1.29, 1.82) is 0 Å². The summed E-state index contributed by atoms with van der Waals surface area (Å²) >= 11 is 12.7. The number of rotatable bonds is 5. The third-order valence-electron chi connectivity index (χ3n) is 3.22. The van der Waals surface area contributed by atoms with Crippen LogP contribution in [0.15, 0.2) is 28.1 Å². The van der Waals surface area contributed by atoms with Crippen LogP contribution in [0.25, 0.3) is 10.2 Å². The summed E-state index contributed by atoms with van der Waals surface area (Å²) in [6.07, 6.45) is 0. The number of fused-ring (bicyclic) bond motifs is 1. The van der Waals surface area contributed by atoms with Gasteiger partial charge in [0.05, 0.1) is 31.3 Å². The number of Topliss-reactive ketones (excluding diaryl/α,β-unsaturated/α-hetero) is 1. The lowest BCUT2D eigenvalue weighted by atomic mass is 10.2. The molecule has 3 aromatic rings. The van der Waals surface area contributed by atoms with Gasteiger partial charge in [-0.2, -0.15) is 0 Å². The van der Waals surface area contributed by atoms with Gasteiger partial charge in [-0.1, -0.05) is 17.7 Å². The highest BCUT2D eigenvalue weighted by molar-refractivity contribution is 9.10. The van der Waals surface area contributed by atoms with E-state index in [0.717, 1.165) is 10.4 Å². The fraction of sp³-hybridized carbons (Fsp3) is 0.200. The Morgan fingerprint density at radius 3 is 3.00 bits per heavy atom. The van der Waals surface area contributed by atoms with E-state index in [0.29, 0.717) is 26.6 Å². The summed E-state index contributed by atoms with van der Waals surface area (Å²) < 4.78 is 1.54. The van der Waals surface area contributed by atoms with Crippen molar-refractivity contribution in [2.24, 2.45) is 5.73 Å². The fourth-order valence-electron chi connectivity index (χ4n) is 2.10. The van der Waals surface area contributed by atoms with Gasteiger partial charge in [0.1, 0.15) is 5.15 Å². The van der Waals surface area contributed by atoms with Gasteiger partial charge in [-0.25, -0.2) is 4.98 Å². The number of nitrogens with zero attached hydrogens (tertiary/aromatic N) is 1. The third kappa shape index (κ3) is 3.44. The van der Waals surface area contributed by atoms with Crippen LogP contribution in [0, 0.1) is 0 Å². The molecule has 0 amide bonds. The van der Waals surface area contributed by atoms with Crippen LogP contribution in [0.5, 0.6) is 0 Å². The number of carbonyl (C=O) groups excluding carboxylic acids is 1. The highest BCUT2D eigenvalue weighted by Crippen LogP contribution is 2.40. The van der Waals surface area contributed by atoms with Crippen molar-refractivity contribution in [3.8, 4) is 0 Å². The molecule has 3 rings (SSSR count). The number of pyridine rings is 1. The van der Waals surface area contributed by atoms with Crippen molar-refractivity contribution < 1.29 is 4.79 Å². The van der Waals surface area contributed by atoms with Crippen LogP contribution in [-0.2, 0) is 6.54 Å². The summed E-state index contributed by atoms with van der Waals surface area (Å²) in [5, 5.41) is 5.79. The smallest absolute Gasteiger partial charge is 0.190 e. The summed E-state index contributed by atoms with van der Waals surface area (Å²) in [6.45, 7) is 2.37. The Morgan fingerprint density at radius 1 is 1.57 bits per heavy atom. The molecule has 1 atom stereocenters. The number of halogens is 2. The SMILES string of the molecule is CC(N)C(=O)c1sc2c(NCc3cccs3)cc(Cl)nc2c1Br. The van der Waals surface area contributed by atoms with Crippen molar-refractivity contribution in [2.45, 2.75) is 19.5 Å². The number of nitrogens with two attached hydrogens (primary N) is 1. The minimum Gasteiger partial charge on any atom is -0.379 e. The molecule has 0 bridgehead atoms. The first-order chi connectivity index (χ1) is 11.0. The summed E-state index contributed by atoms with van der Waals surface area (Å²) in [7, 11) is 0. The highest BCUT2D eigenvalue weighted by Gasteiger charge is 2.22. The number of anilines is 1. The standard InChI is InChI=1S/C15H13BrClN3OS2/c1-7(18)13(21)15-11(16)12-14(23-15)9(5-10(17)20-12)19-6-8-3-2-4-22-8/h2-5,7H,6,18H2,1H3,(H,19,20). The van der Waals surface area contributed by atoms with E-state index in [1.807, 2.05) is 11.4 Å². The monoisotopic (exact) mass is 429 g/mol. The second kappa shape index (κ2) is 6.86. The second-order valence-electron chi connectivity index (χ2n) is 5.00. The van der Waals surface area contributed by atoms with Crippen molar-refractivity contribution in [3.05, 3.63) is 43.0 Å². The molecule has 0 aliphatic heterocycles. The highest BCUT2D eigenvalue weighted by atomic mass is 79.9. The summed E-state index contributed by atoms with van der Waals surface area (Å²) in [4.78, 5) is 18.4. The Bertz CT molecular complexity index is 861. The molecule has 0 aliphatic carbocycles. The topological polar surface area (TPSA) is 68.0 Å². The van der Waals surface area contributed by atoms with Crippen LogP contribution >= 0.6 is 50.2 Å². The zero-order valence-electron chi connectivity index (χ0n) is 12.1. The quantitative estimate of drug-likeness (QED) is 0.445. The molecular formula is C15H13BrClN3OS2. The number of carbonyl (C=O) groups is 1. The maximum atomic E-state index is 12.3. The third-order valence-corrected chi connectivity index (χ3v) is 6.56. The lowest BCUT2D eigenvalue weighted by molar-refractivity contribution is 0.0971. The molecule has 3 heterocycles. The van der Waals surface area contributed by atoms with Crippen LogP contribution in [-0.4, -0.2) is 16.8 Å². The Balaban J connectivity index is 2.03. The van der Waals surface area contributed by atoms with E-state index in [2.05, 4.69) is 32.3 Å². The largest absolute Gasteiger partial charge is 0.379 e. The molecule has 0 fully saturated rings. The summed E-state index contributed by atoms with van der Waals surface area (Å²) in [5.74, 6) is -0.111. The molecule has 0 aromatic carbocycles. The van der Waals surface area contributed by atoms with Gasteiger partial charge in [-0.05, 0) is 34.3 Å². The molecule has 23 heavy (non-hydrogen) atoms. The van der Waals surface area contributed by atoms with E-state index in [-0.39, 0.29) is 5.78 Å². The molecule has 0 aliphatic rings. The number of thiophene rings is 2. The normalized spacial score (nSPS) is 12.5. The first-order valence-corrected chi connectivity index (χ1v) is 9.68. The van der Waals surface area contributed by atoms with Crippen molar-refractivity contribution in [1.82, 2.24) is 4.98 Å². The molecule has 0 saturated carbocycles. The number of hydrogen-bond acceptors (Lipinski definition) is 6. The van der Waals surface area contributed by atoms with E-state index in [1.165, 1.54) is 16.2 Å². The van der Waals surface area contributed by atoms with E-state index in [9.17, 15) is 4.79 Å². The van der Waals surface area contributed by atoms with Crippen LogP contribution in [0.3, 0.4) is 0 Å². The van der Waals surface area contributed by atoms with Crippen molar-refractivity contribution >= 4 is 71.9 Å². The van der Waals surface area contributed by atoms with E-state index >= 15 is 0 Å². The lowest BCUT2D eigenvalue weighted by Gasteiger charge is -2.06. The Morgan fingerprint density at radius 2 is 2.35 bits per heavy atom. The zero-order chi connectivity index (χ0) is 16.6. The molecule has 1 unspecified atom stereocenters. The molecule has 4 nitrogen and oxygen atoms in total. The summed E-state index contributed by atoms with van der Waals surface area (Å²) in [6, 6.07) is 5.29. The number of hydrogen-bond donors (Lipinski definition) is 2. The van der Waals surface area contributed by atoms with Crippen LogP contribution in [0.4, 0.5) is 5.69 Å². The number of aromatic nitrogens is 1. The lowest BCUT2D eigenvalue weighted by Crippen LogP contribution is -2.26. The van der Waals surface area contributed by atoms with Gasteiger partial charge in [0, 0.05) is 17.5 Å². The second-order valence-corrected chi connectivity index (χ2v) is 8.23. The van der Waals surface area contributed by atoms with Gasteiger partial charge in [0.2, 0.25) is 0 Å². The molecule has 0 saturated heterocycles. The Labute approximate surface area is 154 Å². The van der Waals surface area contributed by atoms with Gasteiger partial charge in [-0.15, -0.1) is 22.7 Å². The average molecular weight is 431 g/mol. The predicted molar refractivity (Wildman–Crippen MR) is 102 cm³/mol. The molecular weight excluding hydrogens is 418 g/mol. The molecule has 0 radical (unpaired) electrons.